The Morgan fingerprint density at radius 1 is 1.56 bits per heavy atom. The molecule has 5 nitrogen and oxygen atoms in total. The summed E-state index contributed by atoms with van der Waals surface area (Å²) in [7, 11) is 1.74. The average Bonchev–Trinajstić information content (AvgIpc) is 2.70. The van der Waals surface area contributed by atoms with E-state index in [4.69, 9.17) is 5.11 Å². The van der Waals surface area contributed by atoms with Crippen LogP contribution in [0.5, 0.6) is 0 Å². The summed E-state index contributed by atoms with van der Waals surface area (Å²) < 4.78 is 15.5. The number of hydrogen-bond donors (Lipinski definition) is 1. The maximum absolute atomic E-state index is 14.0. The molecule has 0 atom stereocenters. The van der Waals surface area contributed by atoms with E-state index in [1.807, 2.05) is 0 Å². The standard InChI is InChI=1S/C10H7BrFN3O2S/c1-15-4-13-14-10(15)18-6-3-2-5(9(16)17)7(11)8(6)12/h2-4H,1H3,(H,16,17). The van der Waals surface area contributed by atoms with E-state index in [0.717, 1.165) is 11.8 Å². The first kappa shape index (κ1) is 13.0. The fourth-order valence-corrected chi connectivity index (χ4v) is 2.69. The second-order valence-corrected chi connectivity index (χ2v) is 5.17. The van der Waals surface area contributed by atoms with Crippen molar-refractivity contribution in [2.75, 3.05) is 0 Å². The first-order chi connectivity index (χ1) is 8.50. The lowest BCUT2D eigenvalue weighted by atomic mass is 10.2. The van der Waals surface area contributed by atoms with Crippen molar-refractivity contribution < 1.29 is 14.3 Å². The zero-order chi connectivity index (χ0) is 13.3. The summed E-state index contributed by atoms with van der Waals surface area (Å²) in [6.07, 6.45) is 1.50. The first-order valence-electron chi connectivity index (χ1n) is 4.74. The quantitative estimate of drug-likeness (QED) is 0.936. The van der Waals surface area contributed by atoms with E-state index in [2.05, 4.69) is 26.1 Å². The lowest BCUT2D eigenvalue weighted by Crippen LogP contribution is -2.00. The molecule has 1 aromatic heterocycles. The summed E-state index contributed by atoms with van der Waals surface area (Å²) in [4.78, 5) is 11.1. The lowest BCUT2D eigenvalue weighted by molar-refractivity contribution is 0.0695. The molecule has 0 saturated heterocycles. The fraction of sp³-hybridized carbons (Fsp3) is 0.100. The Bertz CT molecular complexity index is 617. The van der Waals surface area contributed by atoms with Crippen molar-refractivity contribution in [3.8, 4) is 0 Å². The third-order valence-corrected chi connectivity index (χ3v) is 4.01. The van der Waals surface area contributed by atoms with Crippen LogP contribution in [0, 0.1) is 5.82 Å². The van der Waals surface area contributed by atoms with Crippen molar-refractivity contribution in [1.82, 2.24) is 14.8 Å². The number of carboxylic acid groups (broad SMARTS) is 1. The van der Waals surface area contributed by atoms with Crippen LogP contribution in [0.3, 0.4) is 0 Å². The van der Waals surface area contributed by atoms with Crippen LogP contribution >= 0.6 is 27.7 Å². The smallest absolute Gasteiger partial charge is 0.336 e. The lowest BCUT2D eigenvalue weighted by Gasteiger charge is -2.06. The van der Waals surface area contributed by atoms with Gasteiger partial charge in [-0.05, 0) is 39.8 Å². The van der Waals surface area contributed by atoms with E-state index in [9.17, 15) is 9.18 Å². The third kappa shape index (κ3) is 2.39. The molecule has 0 aliphatic rings. The molecule has 94 valence electrons. The molecule has 0 spiro atoms. The zero-order valence-corrected chi connectivity index (χ0v) is 11.5. The molecular formula is C10H7BrFN3O2S. The van der Waals surface area contributed by atoms with Crippen molar-refractivity contribution in [2.24, 2.45) is 7.05 Å². The van der Waals surface area contributed by atoms with Crippen LogP contribution in [0.15, 0.2) is 33.0 Å². The Morgan fingerprint density at radius 2 is 2.28 bits per heavy atom. The number of benzene rings is 1. The molecule has 0 bridgehead atoms. The highest BCUT2D eigenvalue weighted by Crippen LogP contribution is 2.33. The van der Waals surface area contributed by atoms with Gasteiger partial charge in [0, 0.05) is 7.05 Å². The number of hydrogen-bond acceptors (Lipinski definition) is 4. The van der Waals surface area contributed by atoms with Crippen LogP contribution in [0.25, 0.3) is 0 Å². The van der Waals surface area contributed by atoms with Crippen molar-refractivity contribution in [3.05, 3.63) is 34.3 Å². The van der Waals surface area contributed by atoms with Gasteiger partial charge in [0.05, 0.1) is 14.9 Å². The maximum Gasteiger partial charge on any atom is 0.336 e. The Morgan fingerprint density at radius 3 is 2.83 bits per heavy atom. The number of halogens is 2. The van der Waals surface area contributed by atoms with Crippen molar-refractivity contribution in [3.63, 3.8) is 0 Å². The maximum atomic E-state index is 14.0. The van der Waals surface area contributed by atoms with Crippen LogP contribution in [0.2, 0.25) is 0 Å². The molecule has 1 aromatic carbocycles. The molecular weight excluding hydrogens is 325 g/mol. The number of aromatic carboxylic acids is 1. The molecule has 0 unspecified atom stereocenters. The summed E-state index contributed by atoms with van der Waals surface area (Å²) in [6, 6.07) is 2.75. The molecule has 0 aliphatic carbocycles. The van der Waals surface area contributed by atoms with Crippen LogP contribution < -0.4 is 0 Å². The van der Waals surface area contributed by atoms with Gasteiger partial charge in [0.1, 0.15) is 6.33 Å². The summed E-state index contributed by atoms with van der Waals surface area (Å²) >= 11 is 4.02. The van der Waals surface area contributed by atoms with Gasteiger partial charge in [-0.15, -0.1) is 10.2 Å². The van der Waals surface area contributed by atoms with Crippen molar-refractivity contribution in [1.29, 1.82) is 0 Å². The van der Waals surface area contributed by atoms with E-state index >= 15 is 0 Å². The van der Waals surface area contributed by atoms with Gasteiger partial charge in [-0.2, -0.15) is 0 Å². The molecule has 8 heteroatoms. The van der Waals surface area contributed by atoms with Gasteiger partial charge >= 0.3 is 5.97 Å². The highest BCUT2D eigenvalue weighted by atomic mass is 79.9. The van der Waals surface area contributed by atoms with Crippen molar-refractivity contribution >= 4 is 33.7 Å². The van der Waals surface area contributed by atoms with Crippen LogP contribution in [0.1, 0.15) is 10.4 Å². The third-order valence-electron chi connectivity index (χ3n) is 2.15. The van der Waals surface area contributed by atoms with Gasteiger partial charge in [-0.3, -0.25) is 0 Å². The number of carboxylic acids is 1. The largest absolute Gasteiger partial charge is 0.478 e. The first-order valence-corrected chi connectivity index (χ1v) is 6.34. The monoisotopic (exact) mass is 331 g/mol. The van der Waals surface area contributed by atoms with Gasteiger partial charge in [0.2, 0.25) is 0 Å². The van der Waals surface area contributed by atoms with Gasteiger partial charge in [-0.1, -0.05) is 0 Å². The molecule has 18 heavy (non-hydrogen) atoms. The van der Waals surface area contributed by atoms with E-state index < -0.39 is 11.8 Å². The number of aryl methyl sites for hydroxylation is 1. The van der Waals surface area contributed by atoms with Crippen LogP contribution in [-0.2, 0) is 7.05 Å². The number of rotatable bonds is 3. The molecule has 0 aliphatic heterocycles. The molecule has 0 fully saturated rings. The Kier molecular flexibility index (Phi) is 3.67. The minimum absolute atomic E-state index is 0.0674. The highest BCUT2D eigenvalue weighted by Gasteiger charge is 2.17. The SMILES string of the molecule is Cn1cnnc1Sc1ccc(C(=O)O)c(Br)c1F. The summed E-state index contributed by atoms with van der Waals surface area (Å²) in [5.74, 6) is -1.81. The molecule has 2 aromatic rings. The van der Waals surface area contributed by atoms with Crippen LogP contribution in [0.4, 0.5) is 4.39 Å². The van der Waals surface area contributed by atoms with E-state index in [-0.39, 0.29) is 14.9 Å². The van der Waals surface area contributed by atoms with Gasteiger partial charge < -0.3 is 9.67 Å². The fourth-order valence-electron chi connectivity index (χ4n) is 1.24. The Hall–Kier alpha value is -1.41. The molecule has 2 rings (SSSR count). The van der Waals surface area contributed by atoms with E-state index in [0.29, 0.717) is 5.16 Å². The number of carbonyl (C=O) groups is 1. The van der Waals surface area contributed by atoms with Gasteiger partial charge in [0.25, 0.3) is 0 Å². The predicted molar refractivity (Wildman–Crippen MR) is 66.2 cm³/mol. The second-order valence-electron chi connectivity index (χ2n) is 3.37. The second kappa shape index (κ2) is 5.07. The minimum atomic E-state index is -1.18. The van der Waals surface area contributed by atoms with E-state index in [1.54, 1.807) is 11.6 Å². The van der Waals surface area contributed by atoms with E-state index in [1.165, 1.54) is 18.5 Å². The summed E-state index contributed by atoms with van der Waals surface area (Å²) in [6.45, 7) is 0. The molecule has 1 N–H and O–H groups in total. The topological polar surface area (TPSA) is 68.0 Å². The molecule has 0 saturated carbocycles. The molecule has 0 radical (unpaired) electrons. The van der Waals surface area contributed by atoms with Gasteiger partial charge in [-0.25, -0.2) is 9.18 Å². The molecule has 1 heterocycles. The zero-order valence-electron chi connectivity index (χ0n) is 9.09. The van der Waals surface area contributed by atoms with Crippen LogP contribution in [-0.4, -0.2) is 25.8 Å². The van der Waals surface area contributed by atoms with Gasteiger partial charge in [0.15, 0.2) is 11.0 Å². The Labute approximate surface area is 114 Å². The predicted octanol–water partition coefficient (Wildman–Crippen LogP) is 2.57. The minimum Gasteiger partial charge on any atom is -0.478 e. The number of nitrogens with zero attached hydrogens (tertiary/aromatic N) is 3. The average molecular weight is 332 g/mol. The Balaban J connectivity index is 2.39. The normalized spacial score (nSPS) is 10.6. The van der Waals surface area contributed by atoms with Crippen molar-refractivity contribution in [2.45, 2.75) is 10.1 Å². The summed E-state index contributed by atoms with van der Waals surface area (Å²) in [5, 5.41) is 16.9. The number of aromatic nitrogens is 3. The molecule has 0 amide bonds. The highest BCUT2D eigenvalue weighted by molar-refractivity contribution is 9.10. The summed E-state index contributed by atoms with van der Waals surface area (Å²) in [5.41, 5.74) is -0.116.